The Morgan fingerprint density at radius 3 is 2.47 bits per heavy atom. The fourth-order valence-electron chi connectivity index (χ4n) is 2.25. The molecule has 2 aliphatic heterocycles. The molecule has 0 aliphatic carbocycles. The fraction of sp³-hybridized carbons (Fsp3) is 1.00. The number of aliphatic hydroxyl groups excluding tert-OH is 2. The number of hydrogen-bond acceptors (Lipinski definition) is 5. The zero-order chi connectivity index (χ0) is 11.2. The molecule has 2 fully saturated rings. The van der Waals surface area contributed by atoms with E-state index in [0.717, 1.165) is 0 Å². The Kier molecular flexibility index (Phi) is 2.77. The Balaban J connectivity index is 2.12. The molecule has 2 heterocycles. The van der Waals surface area contributed by atoms with Crippen molar-refractivity contribution >= 4 is 0 Å². The van der Waals surface area contributed by atoms with Gasteiger partial charge in [0.2, 0.25) is 0 Å². The van der Waals surface area contributed by atoms with Crippen molar-refractivity contribution in [2.24, 2.45) is 0 Å². The normalized spacial score (nSPS) is 45.4. The van der Waals surface area contributed by atoms with Gasteiger partial charge in [0.25, 0.3) is 0 Å². The topological polar surface area (TPSA) is 68.2 Å². The molecule has 0 saturated carbocycles. The van der Waals surface area contributed by atoms with Crippen LogP contribution in [-0.2, 0) is 14.2 Å². The van der Waals surface area contributed by atoms with Gasteiger partial charge >= 0.3 is 0 Å². The molecule has 0 unspecified atom stereocenters. The monoisotopic (exact) mass is 218 g/mol. The number of fused-ring (bicyclic) bond motifs is 1. The van der Waals surface area contributed by atoms with Gasteiger partial charge in [-0.3, -0.25) is 0 Å². The van der Waals surface area contributed by atoms with E-state index < -0.39 is 18.0 Å². The fourth-order valence-corrected chi connectivity index (χ4v) is 2.25. The van der Waals surface area contributed by atoms with E-state index >= 15 is 0 Å². The SMILES string of the molecule is C[C@@H]1O[C@H]([C@H](O)CO)[C@H]2OC(C)(C)O[C@H]21. The number of aliphatic hydroxyl groups is 2. The first kappa shape index (κ1) is 11.3. The summed E-state index contributed by atoms with van der Waals surface area (Å²) in [5.41, 5.74) is 0. The molecule has 5 nitrogen and oxygen atoms in total. The van der Waals surface area contributed by atoms with Gasteiger partial charge in [0.05, 0.1) is 12.7 Å². The van der Waals surface area contributed by atoms with Gasteiger partial charge in [0.1, 0.15) is 24.4 Å². The summed E-state index contributed by atoms with van der Waals surface area (Å²) in [5.74, 6) is -0.638. The Morgan fingerprint density at radius 1 is 1.27 bits per heavy atom. The highest BCUT2D eigenvalue weighted by molar-refractivity contribution is 4.98. The van der Waals surface area contributed by atoms with Crippen LogP contribution in [0.5, 0.6) is 0 Å². The molecule has 2 saturated heterocycles. The van der Waals surface area contributed by atoms with Crippen LogP contribution in [0.25, 0.3) is 0 Å². The van der Waals surface area contributed by atoms with Crippen molar-refractivity contribution in [2.45, 2.75) is 57.1 Å². The van der Waals surface area contributed by atoms with Crippen molar-refractivity contribution in [1.29, 1.82) is 0 Å². The maximum absolute atomic E-state index is 9.58. The predicted octanol–water partition coefficient (Wildman–Crippen LogP) is -0.353. The van der Waals surface area contributed by atoms with Crippen LogP contribution in [0.4, 0.5) is 0 Å². The van der Waals surface area contributed by atoms with E-state index in [-0.39, 0.29) is 24.9 Å². The minimum Gasteiger partial charge on any atom is -0.394 e. The first-order valence-corrected chi connectivity index (χ1v) is 5.24. The first-order valence-electron chi connectivity index (χ1n) is 5.24. The van der Waals surface area contributed by atoms with Gasteiger partial charge < -0.3 is 24.4 Å². The zero-order valence-electron chi connectivity index (χ0n) is 9.21. The lowest BCUT2D eigenvalue weighted by Crippen LogP contribution is -2.40. The number of rotatable bonds is 2. The molecular formula is C10H18O5. The Labute approximate surface area is 88.9 Å². The third-order valence-electron chi connectivity index (χ3n) is 2.89. The standard InChI is InChI=1S/C10H18O5/c1-5-7-9(15-10(2,3)14-7)8(13-5)6(12)4-11/h5-9,11-12H,4H2,1-3H3/t5-,6+,7-,8+,9-/m0/s1. The lowest BCUT2D eigenvalue weighted by atomic mass is 10.1. The summed E-state index contributed by atoms with van der Waals surface area (Å²) in [6, 6.07) is 0. The van der Waals surface area contributed by atoms with Gasteiger partial charge in [0.15, 0.2) is 5.79 Å². The van der Waals surface area contributed by atoms with Gasteiger partial charge in [-0.15, -0.1) is 0 Å². The van der Waals surface area contributed by atoms with Crippen LogP contribution in [0.3, 0.4) is 0 Å². The number of hydrogen-bond donors (Lipinski definition) is 2. The average molecular weight is 218 g/mol. The minimum atomic E-state index is -0.917. The van der Waals surface area contributed by atoms with Crippen LogP contribution in [0.1, 0.15) is 20.8 Å². The first-order chi connectivity index (χ1) is 6.94. The summed E-state index contributed by atoms with van der Waals surface area (Å²) in [6.07, 6.45) is -2.00. The lowest BCUT2D eigenvalue weighted by molar-refractivity contribution is -0.197. The third-order valence-corrected chi connectivity index (χ3v) is 2.89. The van der Waals surface area contributed by atoms with Crippen LogP contribution in [0, 0.1) is 0 Å². The minimum absolute atomic E-state index is 0.122. The summed E-state index contributed by atoms with van der Waals surface area (Å²) in [5, 5.41) is 18.5. The van der Waals surface area contributed by atoms with Crippen molar-refractivity contribution in [3.63, 3.8) is 0 Å². The zero-order valence-corrected chi connectivity index (χ0v) is 9.21. The Bertz CT molecular complexity index is 242. The quantitative estimate of drug-likeness (QED) is 0.663. The molecule has 2 rings (SSSR count). The van der Waals surface area contributed by atoms with E-state index in [2.05, 4.69) is 0 Å². The number of ether oxygens (including phenoxy) is 3. The maximum Gasteiger partial charge on any atom is 0.164 e. The summed E-state index contributed by atoms with van der Waals surface area (Å²) >= 11 is 0. The van der Waals surface area contributed by atoms with E-state index in [1.54, 1.807) is 0 Å². The molecule has 0 spiro atoms. The Morgan fingerprint density at radius 2 is 1.87 bits per heavy atom. The van der Waals surface area contributed by atoms with Crippen molar-refractivity contribution in [2.75, 3.05) is 6.61 Å². The van der Waals surface area contributed by atoms with E-state index in [1.165, 1.54) is 0 Å². The largest absolute Gasteiger partial charge is 0.394 e. The van der Waals surface area contributed by atoms with E-state index in [4.69, 9.17) is 19.3 Å². The van der Waals surface area contributed by atoms with Crippen LogP contribution < -0.4 is 0 Å². The molecular weight excluding hydrogens is 200 g/mol. The highest BCUT2D eigenvalue weighted by Gasteiger charge is 2.55. The highest BCUT2D eigenvalue weighted by atomic mass is 16.8. The van der Waals surface area contributed by atoms with Gasteiger partial charge in [-0.05, 0) is 20.8 Å². The molecule has 2 N–H and O–H groups in total. The molecule has 5 atom stereocenters. The second-order valence-electron chi connectivity index (χ2n) is 4.62. The summed E-state index contributed by atoms with van der Waals surface area (Å²) < 4.78 is 16.8. The molecule has 0 bridgehead atoms. The second-order valence-corrected chi connectivity index (χ2v) is 4.62. The highest BCUT2D eigenvalue weighted by Crippen LogP contribution is 2.39. The molecule has 0 aromatic heterocycles. The van der Waals surface area contributed by atoms with E-state index in [0.29, 0.717) is 0 Å². The smallest absolute Gasteiger partial charge is 0.164 e. The van der Waals surface area contributed by atoms with Crippen LogP contribution in [0.2, 0.25) is 0 Å². The summed E-state index contributed by atoms with van der Waals surface area (Å²) in [6.45, 7) is 5.22. The molecule has 2 aliphatic rings. The lowest BCUT2D eigenvalue weighted by Gasteiger charge is -2.24. The second kappa shape index (κ2) is 3.68. The van der Waals surface area contributed by atoms with Crippen LogP contribution >= 0.6 is 0 Å². The average Bonchev–Trinajstić information content (AvgIpc) is 2.61. The maximum atomic E-state index is 9.58. The predicted molar refractivity (Wildman–Crippen MR) is 51.3 cm³/mol. The van der Waals surface area contributed by atoms with Gasteiger partial charge in [-0.1, -0.05) is 0 Å². The van der Waals surface area contributed by atoms with Gasteiger partial charge in [-0.25, -0.2) is 0 Å². The van der Waals surface area contributed by atoms with E-state index in [9.17, 15) is 5.11 Å². The molecule has 15 heavy (non-hydrogen) atoms. The Hall–Kier alpha value is -0.200. The third kappa shape index (κ3) is 1.90. The summed E-state index contributed by atoms with van der Waals surface area (Å²) in [4.78, 5) is 0. The van der Waals surface area contributed by atoms with Crippen molar-refractivity contribution in [1.82, 2.24) is 0 Å². The van der Waals surface area contributed by atoms with Crippen molar-refractivity contribution < 1.29 is 24.4 Å². The van der Waals surface area contributed by atoms with E-state index in [1.807, 2.05) is 20.8 Å². The molecule has 0 aromatic rings. The van der Waals surface area contributed by atoms with Gasteiger partial charge in [-0.2, -0.15) is 0 Å². The van der Waals surface area contributed by atoms with Crippen LogP contribution in [0.15, 0.2) is 0 Å². The van der Waals surface area contributed by atoms with Crippen LogP contribution in [-0.4, -0.2) is 53.1 Å². The summed E-state index contributed by atoms with van der Waals surface area (Å²) in [7, 11) is 0. The molecule has 0 amide bonds. The molecule has 0 radical (unpaired) electrons. The molecule has 88 valence electrons. The van der Waals surface area contributed by atoms with Gasteiger partial charge in [0, 0.05) is 0 Å². The van der Waals surface area contributed by atoms with Crippen molar-refractivity contribution in [3.05, 3.63) is 0 Å². The molecule has 5 heteroatoms. The van der Waals surface area contributed by atoms with Crippen molar-refractivity contribution in [3.8, 4) is 0 Å². The molecule has 0 aromatic carbocycles.